The van der Waals surface area contributed by atoms with Gasteiger partial charge in [-0.1, -0.05) is 132 Å². The van der Waals surface area contributed by atoms with Gasteiger partial charge in [-0.2, -0.15) is 0 Å². The molecule has 0 heterocycles. The Morgan fingerprint density at radius 2 is 0.647 bits per heavy atom. The molecule has 0 saturated heterocycles. The Bertz CT molecular complexity index is 1130. The van der Waals surface area contributed by atoms with E-state index in [0.717, 1.165) is 0 Å². The Labute approximate surface area is 204 Å². The summed E-state index contributed by atoms with van der Waals surface area (Å²) in [7, 11) is -2.69. The zero-order chi connectivity index (χ0) is 23.7. The maximum Gasteiger partial charge on any atom is 0.217 e. The normalized spacial score (nSPS) is 10.8. The van der Waals surface area contributed by atoms with E-state index >= 15 is 0 Å². The van der Waals surface area contributed by atoms with E-state index in [1.165, 1.54) is 20.7 Å². The Hall–Kier alpha value is -3.97. The fourth-order valence-corrected chi connectivity index (χ4v) is 19.9. The molecule has 0 saturated carbocycles. The first-order valence-electron chi connectivity index (χ1n) is 11.1. The highest BCUT2D eigenvalue weighted by Crippen LogP contribution is 2.21. The smallest absolute Gasteiger partial charge is 0.217 e. The molecule has 0 amide bonds. The number of methoxy groups -OCH3 is 2. The number of benzene rings is 4. The molecule has 0 spiro atoms. The van der Waals surface area contributed by atoms with E-state index in [1.807, 2.05) is 24.3 Å². The van der Waals surface area contributed by atoms with E-state index in [-0.39, 0.29) is 0 Å². The van der Waals surface area contributed by atoms with E-state index in [0.29, 0.717) is 0 Å². The molecule has 0 aliphatic rings. The van der Waals surface area contributed by atoms with Crippen LogP contribution in [0.1, 0.15) is 0 Å². The van der Waals surface area contributed by atoms with Crippen molar-refractivity contribution < 1.29 is 9.47 Å². The number of hydrogen-bond acceptors (Lipinski definition) is 2. The van der Waals surface area contributed by atoms with Gasteiger partial charge < -0.3 is 9.47 Å². The Morgan fingerprint density at radius 3 is 0.853 bits per heavy atom. The largest absolute Gasteiger partial charge is 0.450 e. The van der Waals surface area contributed by atoms with Gasteiger partial charge in [0.2, 0.25) is 15.2 Å². The van der Waals surface area contributed by atoms with Crippen LogP contribution in [-0.2, 0) is 9.47 Å². The summed E-state index contributed by atoms with van der Waals surface area (Å²) in [6, 6.07) is 42.5. The summed E-state index contributed by atoms with van der Waals surface area (Å²) in [6.45, 7) is 0. The predicted molar refractivity (Wildman–Crippen MR) is 145 cm³/mol. The molecule has 0 aliphatic carbocycles. The zero-order valence-electron chi connectivity index (χ0n) is 19.4. The quantitative estimate of drug-likeness (QED) is 0.327. The van der Waals surface area contributed by atoms with Crippen LogP contribution in [0.15, 0.2) is 121 Å². The molecule has 0 aromatic heterocycles. The van der Waals surface area contributed by atoms with Crippen molar-refractivity contribution in [2.45, 2.75) is 0 Å². The van der Waals surface area contributed by atoms with Gasteiger partial charge in [-0.3, -0.25) is 0 Å². The molecule has 0 aliphatic heterocycles. The summed E-state index contributed by atoms with van der Waals surface area (Å²) < 4.78 is 10.9. The Morgan fingerprint density at radius 1 is 0.412 bits per heavy atom. The van der Waals surface area contributed by atoms with Crippen LogP contribution < -0.4 is 20.7 Å². The lowest BCUT2D eigenvalue weighted by Crippen LogP contribution is -2.85. The molecule has 0 fully saturated rings. The SMILES string of the molecule is COC#C[Si](c1ccccc1)(c1ccccc1)[Si](C#COC)(c1ccccc1)c1ccccc1. The lowest BCUT2D eigenvalue weighted by atomic mass is 10.4. The summed E-state index contributed by atoms with van der Waals surface area (Å²) in [5, 5.41) is 4.82. The molecule has 0 N–H and O–H groups in total. The molecule has 166 valence electrons. The van der Waals surface area contributed by atoms with Crippen LogP contribution in [0.5, 0.6) is 0 Å². The van der Waals surface area contributed by atoms with Crippen LogP contribution in [-0.4, -0.2) is 29.4 Å². The Kier molecular flexibility index (Phi) is 7.35. The molecular weight excluding hydrogens is 449 g/mol. The molecule has 4 heteroatoms. The van der Waals surface area contributed by atoms with Crippen molar-refractivity contribution >= 4 is 35.9 Å². The molecule has 2 nitrogen and oxygen atoms in total. The van der Waals surface area contributed by atoms with Crippen molar-refractivity contribution in [1.82, 2.24) is 0 Å². The first-order chi connectivity index (χ1) is 16.8. The van der Waals surface area contributed by atoms with Crippen molar-refractivity contribution in [3.63, 3.8) is 0 Å². The van der Waals surface area contributed by atoms with Crippen LogP contribution in [0.4, 0.5) is 0 Å². The van der Waals surface area contributed by atoms with Gasteiger partial charge in [-0.25, -0.2) is 0 Å². The highest BCUT2D eigenvalue weighted by Gasteiger charge is 2.60. The first kappa shape index (κ1) is 23.2. The van der Waals surface area contributed by atoms with Gasteiger partial charge in [0.15, 0.2) is 0 Å². The standard InChI is InChI=1S/C30H26O2Si2/c1-31-23-25-33(27-15-7-3-8-16-27,28-17-9-4-10-18-28)34(26-24-32-2,29-19-11-5-12-20-29)30-21-13-6-14-22-30/h3-22H,1-2H3. The summed E-state index contributed by atoms with van der Waals surface area (Å²) in [5.41, 5.74) is 7.47. The van der Waals surface area contributed by atoms with Crippen molar-refractivity contribution in [2.75, 3.05) is 14.2 Å². The maximum atomic E-state index is 5.43. The third kappa shape index (κ3) is 4.06. The minimum Gasteiger partial charge on any atom is -0.450 e. The van der Waals surface area contributed by atoms with E-state index in [2.05, 4.69) is 120 Å². The summed E-state index contributed by atoms with van der Waals surface area (Å²) >= 11 is 0. The van der Waals surface area contributed by atoms with Crippen LogP contribution in [0.3, 0.4) is 0 Å². The van der Waals surface area contributed by atoms with Crippen LogP contribution in [0, 0.1) is 23.3 Å². The van der Waals surface area contributed by atoms with E-state index in [1.54, 1.807) is 14.2 Å². The highest BCUT2D eigenvalue weighted by atomic mass is 29.3. The molecule has 34 heavy (non-hydrogen) atoms. The van der Waals surface area contributed by atoms with E-state index < -0.39 is 15.2 Å². The average molecular weight is 475 g/mol. The number of ether oxygens (including phenoxy) is 2. The topological polar surface area (TPSA) is 18.5 Å². The second-order valence-corrected chi connectivity index (χ2v) is 18.1. The lowest BCUT2D eigenvalue weighted by molar-refractivity contribution is 0.372. The van der Waals surface area contributed by atoms with E-state index in [9.17, 15) is 0 Å². The molecule has 0 unspecified atom stereocenters. The summed E-state index contributed by atoms with van der Waals surface area (Å²) in [5.74, 6) is 0. The fraction of sp³-hybridized carbons (Fsp3) is 0.0667. The van der Waals surface area contributed by atoms with E-state index in [4.69, 9.17) is 9.47 Å². The van der Waals surface area contributed by atoms with Crippen molar-refractivity contribution in [3.05, 3.63) is 121 Å². The minimum atomic E-state index is -2.97. The fourth-order valence-electron chi connectivity index (χ4n) is 4.68. The van der Waals surface area contributed by atoms with Crippen LogP contribution in [0.25, 0.3) is 0 Å². The zero-order valence-corrected chi connectivity index (χ0v) is 21.4. The molecule has 4 rings (SSSR count). The number of hydrogen-bond donors (Lipinski definition) is 0. The summed E-state index contributed by atoms with van der Waals surface area (Å²) in [4.78, 5) is 0. The molecule has 4 aromatic rings. The average Bonchev–Trinajstić information content (AvgIpc) is 2.93. The Balaban J connectivity index is 2.29. The third-order valence-corrected chi connectivity index (χ3v) is 20.5. The third-order valence-electron chi connectivity index (χ3n) is 6.07. The van der Waals surface area contributed by atoms with Crippen LogP contribution in [0.2, 0.25) is 0 Å². The number of rotatable bonds is 5. The monoisotopic (exact) mass is 474 g/mol. The molecule has 4 aromatic carbocycles. The predicted octanol–water partition coefficient (Wildman–Crippen LogP) is 2.88. The van der Waals surface area contributed by atoms with Gasteiger partial charge in [0.05, 0.1) is 14.2 Å². The molecule has 0 atom stereocenters. The van der Waals surface area contributed by atoms with Gasteiger partial charge in [0.25, 0.3) is 0 Å². The van der Waals surface area contributed by atoms with Crippen molar-refractivity contribution in [2.24, 2.45) is 0 Å². The summed E-state index contributed by atoms with van der Waals surface area (Å²) in [6.07, 6.45) is 6.09. The molecule has 0 radical (unpaired) electrons. The van der Waals surface area contributed by atoms with Crippen molar-refractivity contribution in [3.8, 4) is 23.3 Å². The van der Waals surface area contributed by atoms with Crippen LogP contribution >= 0.6 is 0 Å². The van der Waals surface area contributed by atoms with Gasteiger partial charge >= 0.3 is 0 Å². The minimum absolute atomic E-state index is 1.20. The first-order valence-corrected chi connectivity index (χ1v) is 16.1. The maximum absolute atomic E-state index is 5.43. The van der Waals surface area contributed by atoms with Gasteiger partial charge in [-0.15, -0.1) is 0 Å². The lowest BCUT2D eigenvalue weighted by Gasteiger charge is -2.42. The second kappa shape index (κ2) is 10.8. The van der Waals surface area contributed by atoms with Gasteiger partial charge in [0, 0.05) is 0 Å². The van der Waals surface area contributed by atoms with Gasteiger partial charge in [-0.05, 0) is 20.7 Å². The van der Waals surface area contributed by atoms with Crippen molar-refractivity contribution in [1.29, 1.82) is 0 Å². The van der Waals surface area contributed by atoms with Gasteiger partial charge in [0.1, 0.15) is 12.2 Å². The second-order valence-electron chi connectivity index (χ2n) is 7.83. The molecule has 0 bridgehead atoms. The highest BCUT2D eigenvalue weighted by molar-refractivity contribution is 7.64. The molecular formula is C30H26O2Si2.